The predicted molar refractivity (Wildman–Crippen MR) is 159 cm³/mol. The van der Waals surface area contributed by atoms with Crippen LogP contribution >= 0.6 is 0 Å². The zero-order valence-corrected chi connectivity index (χ0v) is 25.7. The van der Waals surface area contributed by atoms with Crippen LogP contribution in [0.5, 0.6) is 0 Å². The molecule has 0 aliphatic heterocycles. The van der Waals surface area contributed by atoms with Gasteiger partial charge in [-0.05, 0) is 108 Å². The van der Waals surface area contributed by atoms with Crippen molar-refractivity contribution in [3.63, 3.8) is 0 Å². The fourth-order valence-electron chi connectivity index (χ4n) is 3.71. The molecule has 37 heavy (non-hydrogen) atoms. The fourth-order valence-corrected chi connectivity index (χ4v) is 3.71. The van der Waals surface area contributed by atoms with Gasteiger partial charge in [0.05, 0.1) is 23.4 Å². The Kier molecular flexibility index (Phi) is 15.5. The van der Waals surface area contributed by atoms with Crippen molar-refractivity contribution in [2.24, 2.45) is 0 Å². The molecule has 4 nitrogen and oxygen atoms in total. The second kappa shape index (κ2) is 16.3. The largest absolute Gasteiger partial charge is 0.415 e. The highest BCUT2D eigenvalue weighted by Gasteiger charge is 2.50. The topological polar surface area (TPSA) is 36.9 Å². The first-order valence-corrected chi connectivity index (χ1v) is 13.7. The third kappa shape index (κ3) is 14.1. The van der Waals surface area contributed by atoms with Crippen molar-refractivity contribution in [3.8, 4) is 0 Å². The van der Waals surface area contributed by atoms with Crippen LogP contribution in [0.3, 0.4) is 0 Å². The van der Waals surface area contributed by atoms with Gasteiger partial charge in [-0.2, -0.15) is 0 Å². The Morgan fingerprint density at radius 1 is 0.568 bits per heavy atom. The van der Waals surface area contributed by atoms with Crippen LogP contribution < -0.4 is 0 Å². The average Bonchev–Trinajstić information content (AvgIpc) is 2.78. The lowest BCUT2D eigenvalue weighted by Gasteiger charge is -2.46. The molecule has 0 saturated carbocycles. The van der Waals surface area contributed by atoms with Gasteiger partial charge in [0.2, 0.25) is 0 Å². The predicted octanol–water partition coefficient (Wildman–Crippen LogP) is 9.76. The van der Waals surface area contributed by atoms with Crippen LogP contribution in [0, 0.1) is 0 Å². The van der Waals surface area contributed by atoms with Gasteiger partial charge in [0.25, 0.3) is 0 Å². The van der Waals surface area contributed by atoms with Gasteiger partial charge in [-0.3, -0.25) is 14.2 Å². The highest BCUT2D eigenvalue weighted by Crippen LogP contribution is 2.39. The van der Waals surface area contributed by atoms with Gasteiger partial charge < -0.3 is 4.74 Å². The first-order chi connectivity index (χ1) is 17.1. The number of rotatable bonds is 20. The van der Waals surface area contributed by atoms with Crippen molar-refractivity contribution in [3.05, 3.63) is 72.9 Å². The van der Waals surface area contributed by atoms with Gasteiger partial charge in [0.15, 0.2) is 0 Å². The summed E-state index contributed by atoms with van der Waals surface area (Å²) in [7, 11) is 0. The van der Waals surface area contributed by atoms with Gasteiger partial charge >= 0.3 is 6.16 Å². The first-order valence-electron chi connectivity index (χ1n) is 13.7. The Labute approximate surface area is 229 Å². The summed E-state index contributed by atoms with van der Waals surface area (Å²) >= 11 is 0. The molecule has 0 rings (SSSR count). The van der Waals surface area contributed by atoms with E-state index in [1.807, 2.05) is 27.7 Å². The second-order valence-corrected chi connectivity index (χ2v) is 11.3. The van der Waals surface area contributed by atoms with Gasteiger partial charge in [-0.15, -0.1) is 19.7 Å². The van der Waals surface area contributed by atoms with Crippen molar-refractivity contribution < 1.29 is 18.9 Å². The van der Waals surface area contributed by atoms with Gasteiger partial charge in [0.1, 0.15) is 0 Å². The third-order valence-corrected chi connectivity index (χ3v) is 6.27. The van der Waals surface area contributed by atoms with Crippen molar-refractivity contribution in [2.45, 2.75) is 131 Å². The number of hydrogen-bond donors (Lipinski definition) is 0. The van der Waals surface area contributed by atoms with Crippen molar-refractivity contribution in [1.82, 2.24) is 0 Å². The van der Waals surface area contributed by atoms with E-state index in [1.54, 1.807) is 18.2 Å². The fraction of sp³-hybridized carbons (Fsp3) is 0.636. The quantitative estimate of drug-likeness (QED) is 0.119. The summed E-state index contributed by atoms with van der Waals surface area (Å²) in [5.74, 6) is 0. The average molecular weight is 517 g/mol. The van der Waals surface area contributed by atoms with Gasteiger partial charge in [-0.1, -0.05) is 53.2 Å². The molecular weight excluding hydrogens is 460 g/mol. The SMILES string of the molecule is C=CC(C)(CCC=C(C)C)OC(OCC)(OC(C)(C=C)CCC=C(C)C)OC(C)(C=C)CCC=C(C)C. The Morgan fingerprint density at radius 2 is 0.838 bits per heavy atom. The van der Waals surface area contributed by atoms with Crippen molar-refractivity contribution >= 4 is 0 Å². The zero-order valence-electron chi connectivity index (χ0n) is 25.7. The van der Waals surface area contributed by atoms with Crippen LogP contribution in [0.25, 0.3) is 0 Å². The second-order valence-electron chi connectivity index (χ2n) is 11.3. The molecule has 0 amide bonds. The molecule has 0 aromatic heterocycles. The van der Waals surface area contributed by atoms with E-state index in [-0.39, 0.29) is 0 Å². The summed E-state index contributed by atoms with van der Waals surface area (Å²) in [5.41, 5.74) is 1.45. The number of allylic oxidation sites excluding steroid dienone is 6. The normalized spacial score (nSPS) is 17.7. The molecule has 0 aliphatic carbocycles. The smallest absolute Gasteiger partial charge is 0.303 e. The van der Waals surface area contributed by atoms with E-state index >= 15 is 0 Å². The number of ether oxygens (including phenoxy) is 4. The zero-order chi connectivity index (χ0) is 28.8. The summed E-state index contributed by atoms with van der Waals surface area (Å²) in [5, 5.41) is 0. The Bertz CT molecular complexity index is 706. The van der Waals surface area contributed by atoms with E-state index in [9.17, 15) is 0 Å². The third-order valence-electron chi connectivity index (χ3n) is 6.27. The molecule has 0 fully saturated rings. The molecule has 0 N–H and O–H groups in total. The standard InChI is InChI=1S/C33H56O4/c1-14-30(11,24-18-21-27(5)6)35-33(34-17-4,36-31(12,15-2)25-19-22-28(7)8)37-32(13,16-3)26-20-23-29(9)10/h14-16,21-23H,1-3,17-20,24-26H2,4-13H3. The van der Waals surface area contributed by atoms with Crippen LogP contribution in [-0.2, 0) is 18.9 Å². The van der Waals surface area contributed by atoms with E-state index in [2.05, 4.69) is 79.5 Å². The van der Waals surface area contributed by atoms with Crippen molar-refractivity contribution in [2.75, 3.05) is 6.61 Å². The Hall–Kier alpha value is -1.72. The van der Waals surface area contributed by atoms with Crippen LogP contribution in [0.4, 0.5) is 0 Å². The van der Waals surface area contributed by atoms with E-state index in [0.29, 0.717) is 25.9 Å². The lowest BCUT2D eigenvalue weighted by atomic mass is 9.98. The highest BCUT2D eigenvalue weighted by molar-refractivity contribution is 5.03. The van der Waals surface area contributed by atoms with E-state index in [0.717, 1.165) is 19.3 Å². The molecular formula is C33H56O4. The Morgan fingerprint density at radius 3 is 1.03 bits per heavy atom. The molecule has 0 bridgehead atoms. The molecule has 3 unspecified atom stereocenters. The molecule has 0 aliphatic rings. The summed E-state index contributed by atoms with van der Waals surface area (Å²) < 4.78 is 26.4. The monoisotopic (exact) mass is 516 g/mol. The summed E-state index contributed by atoms with van der Waals surface area (Å²) in [6.07, 6.45) is 14.7. The van der Waals surface area contributed by atoms with Crippen molar-refractivity contribution in [1.29, 1.82) is 0 Å². The minimum absolute atomic E-state index is 0.323. The minimum Gasteiger partial charge on any atom is -0.303 e. The van der Waals surface area contributed by atoms with E-state index < -0.39 is 23.0 Å². The molecule has 4 heteroatoms. The van der Waals surface area contributed by atoms with E-state index in [4.69, 9.17) is 18.9 Å². The van der Waals surface area contributed by atoms with E-state index in [1.165, 1.54) is 16.7 Å². The minimum atomic E-state index is -1.80. The summed E-state index contributed by atoms with van der Waals surface area (Å²) in [6, 6.07) is 0. The van der Waals surface area contributed by atoms with Crippen LogP contribution in [0.1, 0.15) is 108 Å². The maximum Gasteiger partial charge on any atom is 0.415 e. The maximum atomic E-state index is 6.71. The van der Waals surface area contributed by atoms with Crippen LogP contribution in [-0.4, -0.2) is 29.6 Å². The highest BCUT2D eigenvalue weighted by atomic mass is 17.0. The Balaban J connectivity index is 6.53. The molecule has 0 aromatic carbocycles. The summed E-state index contributed by atoms with van der Waals surface area (Å²) in [4.78, 5) is 0. The first kappa shape index (κ1) is 35.3. The lowest BCUT2D eigenvalue weighted by Crippen LogP contribution is -2.56. The molecule has 0 radical (unpaired) electrons. The van der Waals surface area contributed by atoms with Crippen LogP contribution in [0.2, 0.25) is 0 Å². The lowest BCUT2D eigenvalue weighted by molar-refractivity contribution is -0.543. The maximum absolute atomic E-state index is 6.71. The van der Waals surface area contributed by atoms with Gasteiger partial charge in [-0.25, -0.2) is 0 Å². The molecule has 3 atom stereocenters. The van der Waals surface area contributed by atoms with Gasteiger partial charge in [0, 0.05) is 0 Å². The molecule has 0 saturated heterocycles. The van der Waals surface area contributed by atoms with Crippen LogP contribution in [0.15, 0.2) is 72.9 Å². The summed E-state index contributed by atoms with van der Waals surface area (Å²) in [6.45, 7) is 33.0. The molecule has 0 heterocycles. The molecule has 0 aromatic rings. The molecule has 0 spiro atoms. The molecule has 212 valence electrons. The number of hydrogen-bond acceptors (Lipinski definition) is 4.